The fourth-order valence-electron chi connectivity index (χ4n) is 5.50. The molecule has 0 spiro atoms. The number of fused-ring (bicyclic) bond motifs is 1. The molecule has 2 aromatic rings. The summed E-state index contributed by atoms with van der Waals surface area (Å²) in [6.45, 7) is 2.05. The van der Waals surface area contributed by atoms with Crippen LogP contribution in [0.5, 0.6) is 0 Å². The van der Waals surface area contributed by atoms with Crippen LogP contribution < -0.4 is 0 Å². The Balaban J connectivity index is 1.66. The molecule has 11 heteroatoms. The number of halogens is 4. The van der Waals surface area contributed by atoms with Gasteiger partial charge in [-0.2, -0.15) is 13.2 Å². The minimum Gasteiger partial charge on any atom is -0.479 e. The maximum absolute atomic E-state index is 13.8. The van der Waals surface area contributed by atoms with E-state index in [-0.39, 0.29) is 19.5 Å². The Labute approximate surface area is 211 Å². The third kappa shape index (κ3) is 5.17. The monoisotopic (exact) mass is 521 g/mol. The molecule has 4 rings (SSSR count). The van der Waals surface area contributed by atoms with Crippen molar-refractivity contribution in [1.29, 1.82) is 0 Å². The van der Waals surface area contributed by atoms with Gasteiger partial charge in [0.1, 0.15) is 11.5 Å². The van der Waals surface area contributed by atoms with Gasteiger partial charge in [-0.1, -0.05) is 19.4 Å². The van der Waals surface area contributed by atoms with Gasteiger partial charge in [-0.15, -0.1) is 0 Å². The average molecular weight is 522 g/mol. The molecular weight excluding hydrogens is 494 g/mol. The summed E-state index contributed by atoms with van der Waals surface area (Å²) in [5.41, 5.74) is -1.03. The number of benzene rings is 1. The van der Waals surface area contributed by atoms with Crippen molar-refractivity contribution >= 4 is 17.8 Å². The molecule has 1 fully saturated rings. The highest BCUT2D eigenvalue weighted by Crippen LogP contribution is 2.37. The normalized spacial score (nSPS) is 21.9. The van der Waals surface area contributed by atoms with Crippen LogP contribution in [0.4, 0.5) is 17.6 Å². The zero-order chi connectivity index (χ0) is 26.9. The molecule has 0 saturated carbocycles. The largest absolute Gasteiger partial charge is 0.479 e. The van der Waals surface area contributed by atoms with E-state index in [1.54, 1.807) is 0 Å². The van der Waals surface area contributed by atoms with Gasteiger partial charge in [0, 0.05) is 25.3 Å². The van der Waals surface area contributed by atoms with E-state index in [1.165, 1.54) is 21.9 Å². The number of carboxylic acid groups (broad SMARTS) is 1. The van der Waals surface area contributed by atoms with Gasteiger partial charge in [0.15, 0.2) is 6.04 Å². The van der Waals surface area contributed by atoms with E-state index >= 15 is 0 Å². The van der Waals surface area contributed by atoms with Crippen LogP contribution in [-0.2, 0) is 22.2 Å². The lowest BCUT2D eigenvalue weighted by molar-refractivity contribution is -0.155. The third-order valence-corrected chi connectivity index (χ3v) is 7.11. The Bertz CT molecular complexity index is 1200. The Morgan fingerprint density at radius 1 is 1.14 bits per heavy atom. The number of aliphatic carboxylic acids is 1. The van der Waals surface area contributed by atoms with Crippen molar-refractivity contribution in [2.75, 3.05) is 13.1 Å². The number of hydrogen-bond acceptors (Lipinski definition) is 4. The third-order valence-electron chi connectivity index (χ3n) is 7.11. The van der Waals surface area contributed by atoms with Crippen LogP contribution in [0.2, 0.25) is 0 Å². The number of carboxylic acids is 1. The molecule has 2 amide bonds. The zero-order valence-electron chi connectivity index (χ0n) is 20.2. The molecule has 7 nitrogen and oxygen atoms in total. The lowest BCUT2D eigenvalue weighted by Gasteiger charge is -2.44. The Morgan fingerprint density at radius 2 is 1.89 bits per heavy atom. The van der Waals surface area contributed by atoms with Crippen molar-refractivity contribution in [3.05, 3.63) is 64.7 Å². The van der Waals surface area contributed by atoms with Crippen LogP contribution in [0, 0.1) is 11.7 Å². The highest BCUT2D eigenvalue weighted by Gasteiger charge is 2.45. The summed E-state index contributed by atoms with van der Waals surface area (Å²) in [5, 5.41) is 9.97. The van der Waals surface area contributed by atoms with Gasteiger partial charge in [0.25, 0.3) is 5.91 Å². The minimum atomic E-state index is -4.78. The summed E-state index contributed by atoms with van der Waals surface area (Å²) in [7, 11) is 0. The first-order chi connectivity index (χ1) is 17.5. The number of alkyl halides is 3. The number of rotatable bonds is 5. The van der Waals surface area contributed by atoms with Gasteiger partial charge in [-0.25, -0.2) is 9.18 Å². The predicted octanol–water partition coefficient (Wildman–Crippen LogP) is 4.47. The maximum atomic E-state index is 13.8. The Hall–Kier alpha value is -3.50. The van der Waals surface area contributed by atoms with E-state index in [1.807, 2.05) is 6.92 Å². The van der Waals surface area contributed by atoms with Gasteiger partial charge >= 0.3 is 12.1 Å². The standard InChI is InChI=1S/C26H27F4N3O4/c1-2-5-20-18(6-4-12-32(20)24(35)21-19(26(28,29)30)7-3-11-31-21)23(34)33-13-10-15-14-16(27)8-9-17(15)22(33)25(36)37/h3,7-9,11,14,18,20,22H,2,4-6,10,12-13H2,1H3,(H,36,37)/t18-,20-,22?/m1/s1. The minimum absolute atomic E-state index is 0.0496. The second kappa shape index (κ2) is 10.5. The molecule has 37 heavy (non-hydrogen) atoms. The molecule has 1 aromatic carbocycles. The number of aromatic nitrogens is 1. The number of amides is 2. The SMILES string of the molecule is CCC[C@@H]1[C@H](C(=O)N2CCc3cc(F)ccc3C2C(=O)O)CCCN1C(=O)c1ncccc1C(F)(F)F. The molecule has 2 aliphatic rings. The summed E-state index contributed by atoms with van der Waals surface area (Å²) in [6.07, 6.45) is -1.76. The Kier molecular flexibility index (Phi) is 7.52. The van der Waals surface area contributed by atoms with Crippen LogP contribution in [-0.4, -0.2) is 56.8 Å². The molecule has 1 unspecified atom stereocenters. The first-order valence-electron chi connectivity index (χ1n) is 12.2. The number of nitrogens with zero attached hydrogens (tertiary/aromatic N) is 3. The maximum Gasteiger partial charge on any atom is 0.418 e. The van der Waals surface area contributed by atoms with Crippen molar-refractivity contribution in [3.63, 3.8) is 0 Å². The molecule has 0 radical (unpaired) electrons. The van der Waals surface area contributed by atoms with Gasteiger partial charge < -0.3 is 14.9 Å². The number of carbonyl (C=O) groups is 3. The summed E-state index contributed by atoms with van der Waals surface area (Å²) in [6, 6.07) is 3.64. The molecule has 3 heterocycles. The molecule has 1 saturated heterocycles. The topological polar surface area (TPSA) is 90.8 Å². The Morgan fingerprint density at radius 3 is 2.57 bits per heavy atom. The van der Waals surface area contributed by atoms with Crippen molar-refractivity contribution in [2.24, 2.45) is 5.92 Å². The second-order valence-corrected chi connectivity index (χ2v) is 9.37. The summed E-state index contributed by atoms with van der Waals surface area (Å²) < 4.78 is 54.5. The number of piperidine rings is 1. The predicted molar refractivity (Wildman–Crippen MR) is 124 cm³/mol. The first kappa shape index (κ1) is 26.6. The second-order valence-electron chi connectivity index (χ2n) is 9.37. The van der Waals surface area contributed by atoms with Crippen molar-refractivity contribution in [3.8, 4) is 0 Å². The van der Waals surface area contributed by atoms with Crippen LogP contribution in [0.25, 0.3) is 0 Å². The molecular formula is C26H27F4N3O4. The number of pyridine rings is 1. The first-order valence-corrected chi connectivity index (χ1v) is 12.2. The van der Waals surface area contributed by atoms with Gasteiger partial charge in [-0.05, 0) is 61.1 Å². The molecule has 1 N–H and O–H groups in total. The summed E-state index contributed by atoms with van der Waals surface area (Å²) in [5.74, 6) is -3.94. The molecule has 2 aliphatic heterocycles. The van der Waals surface area contributed by atoms with Gasteiger partial charge in [0.2, 0.25) is 5.91 Å². The van der Waals surface area contributed by atoms with Crippen LogP contribution >= 0.6 is 0 Å². The zero-order valence-corrected chi connectivity index (χ0v) is 20.2. The van der Waals surface area contributed by atoms with E-state index in [0.29, 0.717) is 36.8 Å². The van der Waals surface area contributed by atoms with Crippen molar-refractivity contribution < 1.29 is 37.1 Å². The molecule has 198 valence electrons. The van der Waals surface area contributed by atoms with Gasteiger partial charge in [-0.3, -0.25) is 14.6 Å². The van der Waals surface area contributed by atoms with Crippen molar-refractivity contribution in [2.45, 2.75) is 57.3 Å². The fraction of sp³-hybridized carbons (Fsp3) is 0.462. The van der Waals surface area contributed by atoms with Crippen LogP contribution in [0.3, 0.4) is 0 Å². The lowest BCUT2D eigenvalue weighted by atomic mass is 9.83. The number of hydrogen-bond donors (Lipinski definition) is 1. The average Bonchev–Trinajstić information content (AvgIpc) is 2.86. The van der Waals surface area contributed by atoms with E-state index < -0.39 is 59.0 Å². The number of likely N-dealkylation sites (tertiary alicyclic amines) is 1. The van der Waals surface area contributed by atoms with E-state index in [0.717, 1.165) is 24.4 Å². The van der Waals surface area contributed by atoms with E-state index in [2.05, 4.69) is 4.98 Å². The van der Waals surface area contributed by atoms with E-state index in [4.69, 9.17) is 0 Å². The molecule has 3 atom stereocenters. The highest BCUT2D eigenvalue weighted by atomic mass is 19.4. The van der Waals surface area contributed by atoms with Crippen LogP contribution in [0.15, 0.2) is 36.5 Å². The summed E-state index contributed by atoms with van der Waals surface area (Å²) in [4.78, 5) is 45.7. The highest BCUT2D eigenvalue weighted by molar-refractivity contribution is 5.95. The molecule has 0 aliphatic carbocycles. The molecule has 0 bridgehead atoms. The van der Waals surface area contributed by atoms with Crippen molar-refractivity contribution in [1.82, 2.24) is 14.8 Å². The molecule has 1 aromatic heterocycles. The lowest BCUT2D eigenvalue weighted by Crippen LogP contribution is -2.55. The van der Waals surface area contributed by atoms with Crippen LogP contribution in [0.1, 0.15) is 65.8 Å². The number of carbonyl (C=O) groups excluding carboxylic acids is 2. The quantitative estimate of drug-likeness (QED) is 0.587. The fourth-order valence-corrected chi connectivity index (χ4v) is 5.50. The van der Waals surface area contributed by atoms with E-state index in [9.17, 15) is 37.1 Å². The smallest absolute Gasteiger partial charge is 0.418 e. The van der Waals surface area contributed by atoms with Gasteiger partial charge in [0.05, 0.1) is 11.5 Å². The summed E-state index contributed by atoms with van der Waals surface area (Å²) >= 11 is 0.